The van der Waals surface area contributed by atoms with Crippen molar-refractivity contribution in [3.05, 3.63) is 52.4 Å². The molecule has 31 heavy (non-hydrogen) atoms. The first-order valence-electron chi connectivity index (χ1n) is 8.77. The van der Waals surface area contributed by atoms with Crippen LogP contribution in [0.3, 0.4) is 0 Å². The summed E-state index contributed by atoms with van der Waals surface area (Å²) in [6.45, 7) is 4.66. The lowest BCUT2D eigenvalue weighted by Gasteiger charge is -2.26. The molecule has 2 rings (SSSR count). The first-order chi connectivity index (χ1) is 14.4. The first-order valence-corrected chi connectivity index (χ1v) is 9.56. The van der Waals surface area contributed by atoms with E-state index in [0.29, 0.717) is 18.3 Å². The Morgan fingerprint density at radius 3 is 2.32 bits per heavy atom. The Morgan fingerprint density at radius 2 is 1.84 bits per heavy atom. The number of carbonyl (C=O) groups excluding carboxylic acids is 1. The molecule has 2 N–H and O–H groups in total. The maximum absolute atomic E-state index is 12.3. The van der Waals surface area contributed by atoms with Crippen LogP contribution >= 0.6 is 15.9 Å². The van der Waals surface area contributed by atoms with E-state index in [-0.39, 0.29) is 18.2 Å². The molecular weight excluding hydrogens is 483 g/mol. The van der Waals surface area contributed by atoms with Crippen molar-refractivity contribution in [1.82, 2.24) is 15.4 Å². The summed E-state index contributed by atoms with van der Waals surface area (Å²) < 4.78 is 32.7. The summed E-state index contributed by atoms with van der Waals surface area (Å²) in [5.74, 6) is -2.02. The van der Waals surface area contributed by atoms with Crippen LogP contribution in [0.2, 0.25) is 0 Å². The molecule has 1 amide bonds. The van der Waals surface area contributed by atoms with E-state index in [4.69, 9.17) is 15.2 Å². The molecule has 8 nitrogen and oxygen atoms in total. The van der Waals surface area contributed by atoms with Gasteiger partial charge in [0.1, 0.15) is 6.07 Å². The molecule has 0 unspecified atom stereocenters. The predicted octanol–water partition coefficient (Wildman–Crippen LogP) is 3.48. The number of hydrogen-bond acceptors (Lipinski definition) is 6. The minimum absolute atomic E-state index is 0.0726. The highest BCUT2D eigenvalue weighted by Crippen LogP contribution is 2.14. The van der Waals surface area contributed by atoms with Gasteiger partial charge in [-0.1, -0.05) is 41.9 Å². The standard InChI is InChI=1S/C17H18BrN5O.C2HF3O2/c1-12(2)11-23(16-7-8-20-15(10-19)21-16)22-17(24)9-13-3-5-14(18)6-4-13;3-2(4,5)1(6)7/h3-8,12H,9,11H2,1-2H3,(H,22,24);(H,6,7). The fourth-order valence-electron chi connectivity index (χ4n) is 2.09. The van der Waals surface area contributed by atoms with E-state index in [1.165, 1.54) is 6.20 Å². The Balaban J connectivity index is 0.000000592. The van der Waals surface area contributed by atoms with Crippen molar-refractivity contribution in [2.24, 2.45) is 5.92 Å². The summed E-state index contributed by atoms with van der Waals surface area (Å²) in [6.07, 6.45) is -3.31. The summed E-state index contributed by atoms with van der Waals surface area (Å²) in [5, 5.41) is 17.7. The second kappa shape index (κ2) is 11.8. The average Bonchev–Trinajstić information content (AvgIpc) is 2.68. The maximum Gasteiger partial charge on any atom is 0.490 e. The van der Waals surface area contributed by atoms with E-state index in [9.17, 15) is 18.0 Å². The van der Waals surface area contributed by atoms with E-state index < -0.39 is 12.1 Å². The fraction of sp³-hybridized carbons (Fsp3) is 0.316. The van der Waals surface area contributed by atoms with Crippen molar-refractivity contribution in [2.45, 2.75) is 26.4 Å². The van der Waals surface area contributed by atoms with Crippen LogP contribution in [-0.2, 0) is 16.0 Å². The van der Waals surface area contributed by atoms with Crippen LogP contribution in [0, 0.1) is 17.2 Å². The van der Waals surface area contributed by atoms with Crippen molar-refractivity contribution in [2.75, 3.05) is 11.6 Å². The van der Waals surface area contributed by atoms with Gasteiger partial charge in [0.25, 0.3) is 0 Å². The molecule has 0 saturated carbocycles. The number of nitrogens with zero attached hydrogens (tertiary/aromatic N) is 4. The zero-order valence-corrected chi connectivity index (χ0v) is 18.1. The zero-order chi connectivity index (χ0) is 23.6. The van der Waals surface area contributed by atoms with Crippen molar-refractivity contribution in [3.8, 4) is 6.07 Å². The van der Waals surface area contributed by atoms with Gasteiger partial charge in [-0.2, -0.15) is 23.4 Å². The molecule has 1 heterocycles. The average molecular weight is 502 g/mol. The lowest BCUT2D eigenvalue weighted by molar-refractivity contribution is -0.192. The van der Waals surface area contributed by atoms with Gasteiger partial charge in [0, 0.05) is 23.3 Å². The Labute approximate surface area is 184 Å². The molecule has 0 atom stereocenters. The number of carboxylic acid groups (broad SMARTS) is 1. The molecule has 2 aromatic rings. The van der Waals surface area contributed by atoms with E-state index in [2.05, 4.69) is 31.3 Å². The zero-order valence-electron chi connectivity index (χ0n) is 16.5. The van der Waals surface area contributed by atoms with E-state index in [1.54, 1.807) is 11.1 Å². The number of alkyl halides is 3. The number of halogens is 4. The van der Waals surface area contributed by atoms with Gasteiger partial charge < -0.3 is 5.11 Å². The van der Waals surface area contributed by atoms with Gasteiger partial charge >= 0.3 is 12.1 Å². The quantitative estimate of drug-likeness (QED) is 0.581. The highest BCUT2D eigenvalue weighted by atomic mass is 79.9. The van der Waals surface area contributed by atoms with Crippen molar-refractivity contribution < 1.29 is 27.9 Å². The van der Waals surface area contributed by atoms with E-state index in [0.717, 1.165) is 10.0 Å². The van der Waals surface area contributed by atoms with Gasteiger partial charge in [-0.25, -0.2) is 9.78 Å². The number of hydrogen-bond donors (Lipinski definition) is 2. The van der Waals surface area contributed by atoms with Gasteiger partial charge in [0.15, 0.2) is 5.82 Å². The molecule has 0 aliphatic heterocycles. The number of benzene rings is 1. The predicted molar refractivity (Wildman–Crippen MR) is 109 cm³/mol. The third kappa shape index (κ3) is 9.90. The topological polar surface area (TPSA) is 119 Å². The Bertz CT molecular complexity index is 931. The highest BCUT2D eigenvalue weighted by molar-refractivity contribution is 9.10. The van der Waals surface area contributed by atoms with Crippen LogP contribution in [0.25, 0.3) is 0 Å². The summed E-state index contributed by atoms with van der Waals surface area (Å²) in [4.78, 5) is 29.2. The minimum atomic E-state index is -5.08. The summed E-state index contributed by atoms with van der Waals surface area (Å²) in [5.41, 5.74) is 3.78. The third-order valence-corrected chi connectivity index (χ3v) is 3.87. The molecule has 0 aliphatic rings. The number of hydrazine groups is 1. The number of carbonyl (C=O) groups is 2. The van der Waals surface area contributed by atoms with Gasteiger partial charge in [-0.15, -0.1) is 0 Å². The van der Waals surface area contributed by atoms with Gasteiger partial charge in [0.05, 0.1) is 6.42 Å². The first kappa shape index (κ1) is 25.8. The summed E-state index contributed by atoms with van der Waals surface area (Å²) in [6, 6.07) is 11.2. The van der Waals surface area contributed by atoms with E-state index >= 15 is 0 Å². The second-order valence-electron chi connectivity index (χ2n) is 6.50. The van der Waals surface area contributed by atoms with Crippen LogP contribution in [0.1, 0.15) is 25.2 Å². The summed E-state index contributed by atoms with van der Waals surface area (Å²) in [7, 11) is 0. The number of aliphatic carboxylic acids is 1. The highest BCUT2D eigenvalue weighted by Gasteiger charge is 2.38. The van der Waals surface area contributed by atoms with Crippen LogP contribution in [0.4, 0.5) is 19.0 Å². The van der Waals surface area contributed by atoms with Crippen molar-refractivity contribution >= 4 is 33.6 Å². The number of nitrogens with one attached hydrogen (secondary N) is 1. The Kier molecular flexibility index (Phi) is 9.88. The Hall–Kier alpha value is -3.20. The minimum Gasteiger partial charge on any atom is -0.475 e. The number of aromatic nitrogens is 2. The molecule has 0 bridgehead atoms. The van der Waals surface area contributed by atoms with Crippen LogP contribution < -0.4 is 10.4 Å². The maximum atomic E-state index is 12.3. The molecule has 0 radical (unpaired) electrons. The second-order valence-corrected chi connectivity index (χ2v) is 7.41. The third-order valence-electron chi connectivity index (χ3n) is 3.35. The molecule has 0 fully saturated rings. The molecule has 166 valence electrons. The van der Waals surface area contributed by atoms with Crippen molar-refractivity contribution in [1.29, 1.82) is 5.26 Å². The molecule has 1 aromatic carbocycles. The molecule has 12 heteroatoms. The monoisotopic (exact) mass is 501 g/mol. The Morgan fingerprint density at radius 1 is 1.26 bits per heavy atom. The number of rotatable bonds is 6. The number of amides is 1. The van der Waals surface area contributed by atoms with Gasteiger partial charge in [-0.3, -0.25) is 15.2 Å². The van der Waals surface area contributed by atoms with Gasteiger partial charge in [0.2, 0.25) is 11.7 Å². The number of nitriles is 1. The van der Waals surface area contributed by atoms with Gasteiger partial charge in [-0.05, 0) is 23.6 Å². The van der Waals surface area contributed by atoms with E-state index in [1.807, 2.05) is 44.2 Å². The lowest BCUT2D eigenvalue weighted by Crippen LogP contribution is -2.45. The molecule has 0 aliphatic carbocycles. The number of anilines is 1. The smallest absolute Gasteiger partial charge is 0.475 e. The van der Waals surface area contributed by atoms with Crippen LogP contribution in [0.5, 0.6) is 0 Å². The summed E-state index contributed by atoms with van der Waals surface area (Å²) >= 11 is 3.37. The molecule has 0 spiro atoms. The SMILES string of the molecule is CC(C)CN(NC(=O)Cc1ccc(Br)cc1)c1ccnc(C#N)n1.O=C(O)C(F)(F)F. The van der Waals surface area contributed by atoms with Crippen molar-refractivity contribution in [3.63, 3.8) is 0 Å². The molecule has 1 aromatic heterocycles. The number of carboxylic acids is 1. The molecular formula is C19H19BrF3N5O3. The molecule has 0 saturated heterocycles. The van der Waals surface area contributed by atoms with Crippen LogP contribution in [0.15, 0.2) is 41.0 Å². The van der Waals surface area contributed by atoms with Crippen LogP contribution in [-0.4, -0.2) is 39.7 Å². The normalized spacial score (nSPS) is 10.5. The fourth-order valence-corrected chi connectivity index (χ4v) is 2.36. The lowest BCUT2D eigenvalue weighted by atomic mass is 10.1. The largest absolute Gasteiger partial charge is 0.490 e.